The van der Waals surface area contributed by atoms with Crippen LogP contribution in [0.5, 0.6) is 0 Å². The quantitative estimate of drug-likeness (QED) is 0.655. The fraction of sp³-hybridized carbons (Fsp3) is 0.714. The summed E-state index contributed by atoms with van der Waals surface area (Å²) in [5.74, 6) is -0.188. The largest absolute Gasteiger partial charge is 0.340 e. The first kappa shape index (κ1) is 14.0. The minimum absolute atomic E-state index is 0.00611. The topological polar surface area (TPSA) is 78.0 Å². The molecule has 0 saturated carbocycles. The Balaban J connectivity index is 1.61. The molecule has 0 bridgehead atoms. The molecule has 3 rings (SSSR count). The van der Waals surface area contributed by atoms with Gasteiger partial charge in [-0.2, -0.15) is 0 Å². The third-order valence-corrected chi connectivity index (χ3v) is 4.50. The molecule has 0 aliphatic carbocycles. The first-order valence-corrected chi connectivity index (χ1v) is 7.44. The zero-order valence-electron chi connectivity index (χ0n) is 11.9. The third kappa shape index (κ3) is 2.64. The van der Waals surface area contributed by atoms with Gasteiger partial charge in [0.05, 0.1) is 0 Å². The normalized spacial score (nSPS) is 26.4. The van der Waals surface area contributed by atoms with Gasteiger partial charge in [-0.15, -0.1) is 0 Å². The molecule has 3 heterocycles. The lowest BCUT2D eigenvalue weighted by Crippen LogP contribution is -2.59. The van der Waals surface area contributed by atoms with E-state index >= 15 is 0 Å². The van der Waals surface area contributed by atoms with Gasteiger partial charge in [-0.25, -0.2) is 0 Å². The van der Waals surface area contributed by atoms with Crippen LogP contribution in [0.4, 0.5) is 0 Å². The van der Waals surface area contributed by atoms with Crippen LogP contribution in [-0.2, 0) is 19.2 Å². The Hall–Kier alpha value is -1.92. The molecule has 0 N–H and O–H groups in total. The first-order valence-electron chi connectivity index (χ1n) is 7.44. The summed E-state index contributed by atoms with van der Waals surface area (Å²) >= 11 is 0. The van der Waals surface area contributed by atoms with Crippen LogP contribution in [0.2, 0.25) is 0 Å². The van der Waals surface area contributed by atoms with Gasteiger partial charge in [0.1, 0.15) is 24.9 Å². The van der Waals surface area contributed by atoms with Crippen LogP contribution in [0.3, 0.4) is 0 Å². The summed E-state index contributed by atoms with van der Waals surface area (Å²) in [7, 11) is 0. The molecule has 3 amide bonds. The molecule has 1 unspecified atom stereocenters. The van der Waals surface area contributed by atoms with Crippen LogP contribution >= 0.6 is 0 Å². The first-order chi connectivity index (χ1) is 10.1. The number of hydrogen-bond acceptors (Lipinski definition) is 4. The summed E-state index contributed by atoms with van der Waals surface area (Å²) in [6.45, 7) is 1.43. The number of likely N-dealkylation sites (tertiary alicyclic amines) is 1. The van der Waals surface area contributed by atoms with Gasteiger partial charge < -0.3 is 14.7 Å². The molecule has 3 fully saturated rings. The van der Waals surface area contributed by atoms with Gasteiger partial charge in [0.15, 0.2) is 0 Å². The Morgan fingerprint density at radius 2 is 1.81 bits per heavy atom. The van der Waals surface area contributed by atoms with E-state index in [0.29, 0.717) is 38.9 Å². The minimum atomic E-state index is -0.373. The summed E-state index contributed by atoms with van der Waals surface area (Å²) in [4.78, 5) is 52.3. The summed E-state index contributed by atoms with van der Waals surface area (Å²) in [5, 5.41) is 0. The highest BCUT2D eigenvalue weighted by atomic mass is 16.2. The summed E-state index contributed by atoms with van der Waals surface area (Å²) in [6, 6.07) is -0.373. The van der Waals surface area contributed by atoms with Crippen molar-refractivity contribution in [1.29, 1.82) is 0 Å². The number of carbonyl (C=O) groups excluding carboxylic acids is 4. The number of ketones is 1. The number of piperazine rings is 1. The molecule has 3 aliphatic heterocycles. The number of Topliss-reactive ketones (excluding diaryl/α,β-unsaturated/α-hetero) is 1. The molecule has 3 saturated heterocycles. The lowest BCUT2D eigenvalue weighted by Gasteiger charge is -2.37. The van der Waals surface area contributed by atoms with Crippen molar-refractivity contribution in [3.63, 3.8) is 0 Å². The van der Waals surface area contributed by atoms with Crippen molar-refractivity contribution in [2.24, 2.45) is 0 Å². The fourth-order valence-electron chi connectivity index (χ4n) is 3.27. The SMILES string of the molecule is O=C1CCN(C(=O)CN2CC(=O)N3CCCC3C2=O)CC1. The number of rotatable bonds is 2. The van der Waals surface area contributed by atoms with Crippen LogP contribution in [0, 0.1) is 0 Å². The highest BCUT2D eigenvalue weighted by molar-refractivity contribution is 5.97. The highest BCUT2D eigenvalue weighted by Crippen LogP contribution is 2.23. The third-order valence-electron chi connectivity index (χ3n) is 4.50. The van der Waals surface area contributed by atoms with Crippen LogP contribution in [-0.4, -0.2) is 77.0 Å². The van der Waals surface area contributed by atoms with E-state index in [1.165, 1.54) is 4.90 Å². The summed E-state index contributed by atoms with van der Waals surface area (Å²) in [5.41, 5.74) is 0. The van der Waals surface area contributed by atoms with Gasteiger partial charge in [-0.3, -0.25) is 19.2 Å². The van der Waals surface area contributed by atoms with Gasteiger partial charge in [0, 0.05) is 32.5 Å². The number of nitrogens with zero attached hydrogens (tertiary/aromatic N) is 3. The monoisotopic (exact) mass is 293 g/mol. The van der Waals surface area contributed by atoms with Crippen molar-refractivity contribution in [2.75, 3.05) is 32.7 Å². The molecular weight excluding hydrogens is 274 g/mol. The maximum Gasteiger partial charge on any atom is 0.246 e. The lowest BCUT2D eigenvalue weighted by molar-refractivity contribution is -0.156. The summed E-state index contributed by atoms with van der Waals surface area (Å²) in [6.07, 6.45) is 2.30. The maximum atomic E-state index is 12.3. The van der Waals surface area contributed by atoms with Crippen LogP contribution in [0.1, 0.15) is 25.7 Å². The number of hydrogen-bond donors (Lipinski definition) is 0. The van der Waals surface area contributed by atoms with Crippen LogP contribution in [0.15, 0.2) is 0 Å². The van der Waals surface area contributed by atoms with E-state index in [1.54, 1.807) is 9.80 Å². The van der Waals surface area contributed by atoms with E-state index in [2.05, 4.69) is 0 Å². The van der Waals surface area contributed by atoms with Gasteiger partial charge in [0.2, 0.25) is 17.7 Å². The number of amides is 3. The average molecular weight is 293 g/mol. The molecular formula is C14H19N3O4. The van der Waals surface area contributed by atoms with Gasteiger partial charge in [-0.1, -0.05) is 0 Å². The van der Waals surface area contributed by atoms with E-state index in [-0.39, 0.29) is 42.6 Å². The minimum Gasteiger partial charge on any atom is -0.340 e. The Bertz CT molecular complexity index is 494. The molecule has 7 heteroatoms. The number of fused-ring (bicyclic) bond motifs is 1. The van der Waals surface area contributed by atoms with Gasteiger partial charge in [-0.05, 0) is 12.8 Å². The zero-order chi connectivity index (χ0) is 15.0. The van der Waals surface area contributed by atoms with Gasteiger partial charge in [0.25, 0.3) is 0 Å². The van der Waals surface area contributed by atoms with E-state index < -0.39 is 0 Å². The van der Waals surface area contributed by atoms with Crippen molar-refractivity contribution in [3.05, 3.63) is 0 Å². The van der Waals surface area contributed by atoms with Crippen LogP contribution in [0.25, 0.3) is 0 Å². The molecule has 0 aromatic heterocycles. The molecule has 0 spiro atoms. The Morgan fingerprint density at radius 3 is 2.52 bits per heavy atom. The van der Waals surface area contributed by atoms with E-state index in [9.17, 15) is 19.2 Å². The fourth-order valence-corrected chi connectivity index (χ4v) is 3.27. The van der Waals surface area contributed by atoms with E-state index in [1.807, 2.05) is 0 Å². The summed E-state index contributed by atoms with van der Waals surface area (Å²) < 4.78 is 0. The zero-order valence-corrected chi connectivity index (χ0v) is 11.9. The van der Waals surface area contributed by atoms with Crippen molar-refractivity contribution in [2.45, 2.75) is 31.7 Å². The van der Waals surface area contributed by atoms with E-state index in [0.717, 1.165) is 6.42 Å². The number of carbonyl (C=O) groups is 4. The highest BCUT2D eigenvalue weighted by Gasteiger charge is 2.42. The van der Waals surface area contributed by atoms with Crippen LogP contribution < -0.4 is 0 Å². The Kier molecular flexibility index (Phi) is 3.65. The molecule has 21 heavy (non-hydrogen) atoms. The lowest BCUT2D eigenvalue weighted by atomic mass is 10.1. The Labute approximate surface area is 122 Å². The van der Waals surface area contributed by atoms with Gasteiger partial charge >= 0.3 is 0 Å². The molecule has 0 aromatic carbocycles. The standard InChI is InChI=1S/C14H19N3O4/c18-10-3-6-15(7-4-10)12(19)8-16-9-13(20)17-5-1-2-11(17)14(16)21/h11H,1-9H2. The maximum absolute atomic E-state index is 12.3. The van der Waals surface area contributed by atoms with Crippen molar-refractivity contribution >= 4 is 23.5 Å². The van der Waals surface area contributed by atoms with Crippen molar-refractivity contribution in [3.8, 4) is 0 Å². The Morgan fingerprint density at radius 1 is 1.10 bits per heavy atom. The predicted octanol–water partition coefficient (Wildman–Crippen LogP) is -0.989. The second kappa shape index (κ2) is 5.46. The molecule has 0 aromatic rings. The second-order valence-electron chi connectivity index (χ2n) is 5.86. The predicted molar refractivity (Wildman–Crippen MR) is 72.1 cm³/mol. The average Bonchev–Trinajstić information content (AvgIpc) is 2.95. The smallest absolute Gasteiger partial charge is 0.246 e. The molecule has 7 nitrogen and oxygen atoms in total. The molecule has 3 aliphatic rings. The molecule has 1 atom stereocenters. The molecule has 114 valence electrons. The molecule has 0 radical (unpaired) electrons. The number of piperidine rings is 1. The van der Waals surface area contributed by atoms with Crippen molar-refractivity contribution in [1.82, 2.24) is 14.7 Å². The van der Waals surface area contributed by atoms with E-state index in [4.69, 9.17) is 0 Å². The second-order valence-corrected chi connectivity index (χ2v) is 5.86. The van der Waals surface area contributed by atoms with Crippen molar-refractivity contribution < 1.29 is 19.2 Å².